The number of hydrogen-bond donors (Lipinski definition) is 1. The first-order chi connectivity index (χ1) is 7.39. The van der Waals surface area contributed by atoms with Crippen molar-refractivity contribution in [1.29, 1.82) is 0 Å². The number of hydrogen-bond acceptors (Lipinski definition) is 2. The predicted molar refractivity (Wildman–Crippen MR) is 66.7 cm³/mol. The summed E-state index contributed by atoms with van der Waals surface area (Å²) in [6, 6.07) is 4.78. The molecule has 0 aliphatic heterocycles. The van der Waals surface area contributed by atoms with Crippen LogP contribution in [0.2, 0.25) is 0 Å². The van der Waals surface area contributed by atoms with Gasteiger partial charge in [-0.25, -0.2) is 4.39 Å². The third-order valence-electron chi connectivity index (χ3n) is 2.38. The molecular formula is C12H17BrFNO. The number of nitrogens with two attached hydrogens (primary N) is 1. The van der Waals surface area contributed by atoms with Crippen LogP contribution in [0.15, 0.2) is 22.7 Å². The molecule has 0 saturated heterocycles. The Hall–Kier alpha value is -0.450. The highest BCUT2D eigenvalue weighted by atomic mass is 79.9. The van der Waals surface area contributed by atoms with Gasteiger partial charge in [0.1, 0.15) is 11.4 Å². The molecule has 0 aliphatic rings. The fraction of sp³-hybridized carbons (Fsp3) is 0.500. The molecule has 4 heteroatoms. The molecule has 0 heterocycles. The van der Waals surface area contributed by atoms with Crippen LogP contribution < -0.4 is 5.73 Å². The van der Waals surface area contributed by atoms with Gasteiger partial charge in [-0.15, -0.1) is 0 Å². The molecule has 0 aromatic heterocycles. The number of benzene rings is 1. The van der Waals surface area contributed by atoms with Crippen molar-refractivity contribution in [3.63, 3.8) is 0 Å². The zero-order valence-electron chi connectivity index (χ0n) is 9.76. The highest BCUT2D eigenvalue weighted by Gasteiger charge is 2.30. The molecule has 2 N–H and O–H groups in total. The second kappa shape index (κ2) is 5.25. The van der Waals surface area contributed by atoms with E-state index in [-0.39, 0.29) is 18.5 Å². The van der Waals surface area contributed by atoms with E-state index >= 15 is 0 Å². The summed E-state index contributed by atoms with van der Waals surface area (Å²) in [5.41, 5.74) is 5.39. The predicted octanol–water partition coefficient (Wildman–Crippen LogP) is 3.19. The van der Waals surface area contributed by atoms with Crippen LogP contribution in [0, 0.1) is 5.82 Å². The molecule has 0 radical (unpaired) electrons. The summed E-state index contributed by atoms with van der Waals surface area (Å²) < 4.78 is 20.3. The molecule has 2 nitrogen and oxygen atoms in total. The second-order valence-electron chi connectivity index (χ2n) is 4.23. The Morgan fingerprint density at radius 3 is 2.62 bits per heavy atom. The SMILES string of the molecule is CC(C)OC(C)(CN)c1cc(Br)ccc1F. The van der Waals surface area contributed by atoms with Gasteiger partial charge < -0.3 is 10.5 Å². The highest BCUT2D eigenvalue weighted by Crippen LogP contribution is 2.30. The van der Waals surface area contributed by atoms with Crippen LogP contribution in [0.1, 0.15) is 26.3 Å². The summed E-state index contributed by atoms with van der Waals surface area (Å²) in [4.78, 5) is 0. The first kappa shape index (κ1) is 13.6. The zero-order chi connectivity index (χ0) is 12.3. The summed E-state index contributed by atoms with van der Waals surface area (Å²) in [5, 5.41) is 0. The van der Waals surface area contributed by atoms with Crippen molar-refractivity contribution >= 4 is 15.9 Å². The van der Waals surface area contributed by atoms with E-state index in [1.165, 1.54) is 6.07 Å². The van der Waals surface area contributed by atoms with Crippen molar-refractivity contribution in [3.8, 4) is 0 Å². The first-order valence-electron chi connectivity index (χ1n) is 5.22. The van der Waals surface area contributed by atoms with Gasteiger partial charge in [0.05, 0.1) is 6.10 Å². The third-order valence-corrected chi connectivity index (χ3v) is 2.88. The van der Waals surface area contributed by atoms with Crippen molar-refractivity contribution in [2.24, 2.45) is 5.73 Å². The Bertz CT molecular complexity index is 370. The van der Waals surface area contributed by atoms with Crippen molar-refractivity contribution in [3.05, 3.63) is 34.1 Å². The van der Waals surface area contributed by atoms with Gasteiger partial charge in [-0.05, 0) is 39.0 Å². The van der Waals surface area contributed by atoms with E-state index in [0.717, 1.165) is 4.47 Å². The lowest BCUT2D eigenvalue weighted by Crippen LogP contribution is -2.37. The average molecular weight is 290 g/mol. The molecule has 1 aromatic rings. The summed E-state index contributed by atoms with van der Waals surface area (Å²) in [5.74, 6) is -0.295. The first-order valence-corrected chi connectivity index (χ1v) is 6.02. The van der Waals surface area contributed by atoms with Crippen LogP contribution in [-0.2, 0) is 10.3 Å². The van der Waals surface area contributed by atoms with Crippen LogP contribution in [0.5, 0.6) is 0 Å². The molecule has 16 heavy (non-hydrogen) atoms. The average Bonchev–Trinajstić information content (AvgIpc) is 2.20. The van der Waals surface area contributed by atoms with Gasteiger partial charge >= 0.3 is 0 Å². The topological polar surface area (TPSA) is 35.2 Å². The second-order valence-corrected chi connectivity index (χ2v) is 5.14. The fourth-order valence-electron chi connectivity index (χ4n) is 1.64. The zero-order valence-corrected chi connectivity index (χ0v) is 11.3. The van der Waals surface area contributed by atoms with Crippen LogP contribution in [-0.4, -0.2) is 12.6 Å². The maximum atomic E-state index is 13.7. The van der Waals surface area contributed by atoms with E-state index in [2.05, 4.69) is 15.9 Å². The minimum absolute atomic E-state index is 0.00747. The van der Waals surface area contributed by atoms with E-state index in [1.54, 1.807) is 19.1 Å². The van der Waals surface area contributed by atoms with Gasteiger partial charge in [-0.3, -0.25) is 0 Å². The van der Waals surface area contributed by atoms with Gasteiger partial charge in [-0.2, -0.15) is 0 Å². The maximum absolute atomic E-state index is 13.7. The lowest BCUT2D eigenvalue weighted by Gasteiger charge is -2.31. The molecule has 1 aromatic carbocycles. The molecular weight excluding hydrogens is 273 g/mol. The van der Waals surface area contributed by atoms with Gasteiger partial charge in [0.25, 0.3) is 0 Å². The normalized spacial score (nSPS) is 15.2. The standard InChI is InChI=1S/C12H17BrFNO/c1-8(2)16-12(3,7-15)10-6-9(13)4-5-11(10)14/h4-6,8H,7,15H2,1-3H3. The van der Waals surface area contributed by atoms with E-state index in [1.807, 2.05) is 13.8 Å². The molecule has 1 unspecified atom stereocenters. The summed E-state index contributed by atoms with van der Waals surface area (Å²) in [6.45, 7) is 5.85. The van der Waals surface area contributed by atoms with E-state index in [9.17, 15) is 4.39 Å². The minimum atomic E-state index is -0.790. The minimum Gasteiger partial charge on any atom is -0.366 e. The lowest BCUT2D eigenvalue weighted by atomic mass is 9.95. The smallest absolute Gasteiger partial charge is 0.129 e. The third kappa shape index (κ3) is 3.03. The monoisotopic (exact) mass is 289 g/mol. The number of halogens is 2. The summed E-state index contributed by atoms with van der Waals surface area (Å²) >= 11 is 3.32. The van der Waals surface area contributed by atoms with Crippen molar-refractivity contribution in [1.82, 2.24) is 0 Å². The Labute approximate surface area is 104 Å². The van der Waals surface area contributed by atoms with E-state index in [0.29, 0.717) is 5.56 Å². The molecule has 0 bridgehead atoms. The van der Waals surface area contributed by atoms with Crippen molar-refractivity contribution in [2.75, 3.05) is 6.54 Å². The van der Waals surface area contributed by atoms with Crippen LogP contribution >= 0.6 is 15.9 Å². The van der Waals surface area contributed by atoms with Gasteiger partial charge in [-0.1, -0.05) is 15.9 Å². The molecule has 1 rings (SSSR count). The summed E-state index contributed by atoms with van der Waals surface area (Å²) in [6.07, 6.45) is -0.00747. The number of rotatable bonds is 4. The Kier molecular flexibility index (Phi) is 4.47. The van der Waals surface area contributed by atoms with E-state index in [4.69, 9.17) is 10.5 Å². The summed E-state index contributed by atoms with van der Waals surface area (Å²) in [7, 11) is 0. The quantitative estimate of drug-likeness (QED) is 0.924. The Morgan fingerprint density at radius 1 is 1.50 bits per heavy atom. The lowest BCUT2D eigenvalue weighted by molar-refractivity contribution is -0.0685. The van der Waals surface area contributed by atoms with Gasteiger partial charge in [0.2, 0.25) is 0 Å². The molecule has 0 fully saturated rings. The molecule has 0 aliphatic carbocycles. The van der Waals surface area contributed by atoms with E-state index < -0.39 is 5.60 Å². The van der Waals surface area contributed by atoms with Crippen LogP contribution in [0.25, 0.3) is 0 Å². The molecule has 1 atom stereocenters. The van der Waals surface area contributed by atoms with Crippen molar-refractivity contribution < 1.29 is 9.13 Å². The maximum Gasteiger partial charge on any atom is 0.129 e. The molecule has 0 spiro atoms. The van der Waals surface area contributed by atoms with Crippen LogP contribution in [0.3, 0.4) is 0 Å². The largest absolute Gasteiger partial charge is 0.366 e. The molecule has 0 saturated carbocycles. The van der Waals surface area contributed by atoms with Crippen molar-refractivity contribution in [2.45, 2.75) is 32.5 Å². The number of ether oxygens (including phenoxy) is 1. The fourth-order valence-corrected chi connectivity index (χ4v) is 2.01. The Morgan fingerprint density at radius 2 is 2.12 bits per heavy atom. The van der Waals surface area contributed by atoms with Gasteiger partial charge in [0, 0.05) is 16.6 Å². The Balaban J connectivity index is 3.16. The van der Waals surface area contributed by atoms with Gasteiger partial charge in [0.15, 0.2) is 0 Å². The highest BCUT2D eigenvalue weighted by molar-refractivity contribution is 9.10. The molecule has 90 valence electrons. The molecule has 0 amide bonds. The van der Waals surface area contributed by atoms with Crippen LogP contribution in [0.4, 0.5) is 4.39 Å².